The molecule has 1 aliphatic rings. The standard InChI is InChI=1S/C18H25ClN2O3/c1-3-16(13-5-7-14(19)8-6-13)17(22)20-15-9-11-21(12-10-15)18(23)24-4-2/h5-8,15-16H,3-4,9-12H2,1-2H3,(H,20,22). The Bertz CT molecular complexity index is 554. The van der Waals surface area contributed by atoms with Crippen LogP contribution in [0.2, 0.25) is 5.02 Å². The molecule has 1 saturated heterocycles. The van der Waals surface area contributed by atoms with E-state index in [0.29, 0.717) is 24.7 Å². The zero-order valence-corrected chi connectivity index (χ0v) is 15.0. The van der Waals surface area contributed by atoms with Crippen LogP contribution in [0.4, 0.5) is 4.79 Å². The number of benzene rings is 1. The predicted molar refractivity (Wildman–Crippen MR) is 94.2 cm³/mol. The molecule has 0 spiro atoms. The minimum absolute atomic E-state index is 0.0365. The summed E-state index contributed by atoms with van der Waals surface area (Å²) in [5, 5.41) is 3.79. The highest BCUT2D eigenvalue weighted by Gasteiger charge is 2.27. The van der Waals surface area contributed by atoms with Crippen LogP contribution in [-0.2, 0) is 9.53 Å². The lowest BCUT2D eigenvalue weighted by atomic mass is 9.94. The molecular weight excluding hydrogens is 328 g/mol. The van der Waals surface area contributed by atoms with Crippen molar-refractivity contribution in [2.24, 2.45) is 0 Å². The molecule has 1 unspecified atom stereocenters. The van der Waals surface area contributed by atoms with Crippen molar-refractivity contribution in [3.63, 3.8) is 0 Å². The first kappa shape index (κ1) is 18.6. The number of hydrogen-bond acceptors (Lipinski definition) is 3. The number of halogens is 1. The van der Waals surface area contributed by atoms with Crippen molar-refractivity contribution in [3.05, 3.63) is 34.9 Å². The summed E-state index contributed by atoms with van der Waals surface area (Å²) in [5.41, 5.74) is 0.975. The summed E-state index contributed by atoms with van der Waals surface area (Å²) >= 11 is 5.91. The smallest absolute Gasteiger partial charge is 0.409 e. The molecule has 1 aromatic carbocycles. The van der Waals surface area contributed by atoms with E-state index in [4.69, 9.17) is 16.3 Å². The third-order valence-electron chi connectivity index (χ3n) is 4.36. The molecule has 1 fully saturated rings. The van der Waals surface area contributed by atoms with Crippen LogP contribution in [-0.4, -0.2) is 42.6 Å². The van der Waals surface area contributed by atoms with Gasteiger partial charge in [-0.25, -0.2) is 4.79 Å². The molecule has 6 heteroatoms. The van der Waals surface area contributed by atoms with Crippen LogP contribution < -0.4 is 5.32 Å². The highest BCUT2D eigenvalue weighted by molar-refractivity contribution is 6.30. The predicted octanol–water partition coefficient (Wildman–Crippen LogP) is 3.57. The van der Waals surface area contributed by atoms with Crippen molar-refractivity contribution >= 4 is 23.6 Å². The van der Waals surface area contributed by atoms with Crippen LogP contribution in [0.25, 0.3) is 0 Å². The van der Waals surface area contributed by atoms with Gasteiger partial charge in [-0.05, 0) is 43.9 Å². The number of likely N-dealkylation sites (tertiary alicyclic amines) is 1. The van der Waals surface area contributed by atoms with E-state index in [1.165, 1.54) is 0 Å². The first-order valence-electron chi connectivity index (χ1n) is 8.52. The largest absolute Gasteiger partial charge is 0.450 e. The van der Waals surface area contributed by atoms with E-state index in [0.717, 1.165) is 24.8 Å². The zero-order chi connectivity index (χ0) is 17.5. The van der Waals surface area contributed by atoms with E-state index in [9.17, 15) is 9.59 Å². The first-order chi connectivity index (χ1) is 11.5. The Hall–Kier alpha value is -1.75. The van der Waals surface area contributed by atoms with Gasteiger partial charge < -0.3 is 15.0 Å². The minimum atomic E-state index is -0.269. The lowest BCUT2D eigenvalue weighted by Crippen LogP contribution is -2.47. The van der Waals surface area contributed by atoms with Gasteiger partial charge in [0.2, 0.25) is 5.91 Å². The van der Waals surface area contributed by atoms with Crippen molar-refractivity contribution in [2.75, 3.05) is 19.7 Å². The van der Waals surface area contributed by atoms with Gasteiger partial charge in [0, 0.05) is 24.2 Å². The van der Waals surface area contributed by atoms with Gasteiger partial charge in [-0.3, -0.25) is 4.79 Å². The van der Waals surface area contributed by atoms with E-state index in [1.54, 1.807) is 11.8 Å². The Labute approximate surface area is 148 Å². The molecule has 2 rings (SSSR count). The van der Waals surface area contributed by atoms with Crippen LogP contribution >= 0.6 is 11.6 Å². The molecule has 0 aromatic heterocycles. The van der Waals surface area contributed by atoms with Crippen molar-refractivity contribution in [3.8, 4) is 0 Å². The Morgan fingerprint density at radius 3 is 2.42 bits per heavy atom. The van der Waals surface area contributed by atoms with Gasteiger partial charge in [0.15, 0.2) is 0 Å². The summed E-state index contributed by atoms with van der Waals surface area (Å²) in [7, 11) is 0. The van der Waals surface area contributed by atoms with E-state index in [1.807, 2.05) is 31.2 Å². The van der Waals surface area contributed by atoms with Crippen molar-refractivity contribution in [1.29, 1.82) is 0 Å². The summed E-state index contributed by atoms with van der Waals surface area (Å²) in [4.78, 5) is 26.0. The lowest BCUT2D eigenvalue weighted by Gasteiger charge is -2.32. The molecule has 0 aliphatic carbocycles. The molecule has 1 heterocycles. The van der Waals surface area contributed by atoms with Gasteiger partial charge in [0.25, 0.3) is 0 Å². The Kier molecular flexibility index (Phi) is 6.91. The van der Waals surface area contributed by atoms with Gasteiger partial charge in [0.05, 0.1) is 12.5 Å². The summed E-state index contributed by atoms with van der Waals surface area (Å²) in [6.07, 6.45) is 1.97. The average Bonchev–Trinajstić information content (AvgIpc) is 2.58. The molecule has 0 bridgehead atoms. The molecular formula is C18H25ClN2O3. The zero-order valence-electron chi connectivity index (χ0n) is 14.3. The van der Waals surface area contributed by atoms with Crippen LogP contribution in [0.1, 0.15) is 44.6 Å². The highest BCUT2D eigenvalue weighted by atomic mass is 35.5. The van der Waals surface area contributed by atoms with E-state index >= 15 is 0 Å². The molecule has 1 N–H and O–H groups in total. The van der Waals surface area contributed by atoms with E-state index in [2.05, 4.69) is 5.32 Å². The summed E-state index contributed by atoms with van der Waals surface area (Å²) in [6, 6.07) is 7.53. The van der Waals surface area contributed by atoms with Crippen LogP contribution in [0.15, 0.2) is 24.3 Å². The fourth-order valence-electron chi connectivity index (χ4n) is 2.99. The Balaban J connectivity index is 1.88. The van der Waals surface area contributed by atoms with Gasteiger partial charge in [-0.15, -0.1) is 0 Å². The van der Waals surface area contributed by atoms with Crippen LogP contribution in [0.3, 0.4) is 0 Å². The summed E-state index contributed by atoms with van der Waals surface area (Å²) < 4.78 is 5.01. The number of amides is 2. The number of hydrogen-bond donors (Lipinski definition) is 1. The molecule has 0 radical (unpaired) electrons. The molecule has 5 nitrogen and oxygen atoms in total. The van der Waals surface area contributed by atoms with Crippen molar-refractivity contribution in [1.82, 2.24) is 10.2 Å². The van der Waals surface area contributed by atoms with Gasteiger partial charge in [0.1, 0.15) is 0 Å². The Morgan fingerprint density at radius 1 is 1.25 bits per heavy atom. The fraction of sp³-hybridized carbons (Fsp3) is 0.556. The minimum Gasteiger partial charge on any atom is -0.450 e. The van der Waals surface area contributed by atoms with Crippen LogP contribution in [0.5, 0.6) is 0 Å². The highest BCUT2D eigenvalue weighted by Crippen LogP contribution is 2.22. The van der Waals surface area contributed by atoms with Crippen molar-refractivity contribution < 1.29 is 14.3 Å². The van der Waals surface area contributed by atoms with Gasteiger partial charge in [-0.1, -0.05) is 30.7 Å². The number of rotatable bonds is 5. The molecule has 132 valence electrons. The molecule has 2 amide bonds. The second-order valence-electron chi connectivity index (χ2n) is 5.98. The quantitative estimate of drug-likeness (QED) is 0.881. The Morgan fingerprint density at radius 2 is 1.88 bits per heavy atom. The number of ether oxygens (including phenoxy) is 1. The SMILES string of the molecule is CCOC(=O)N1CCC(NC(=O)C(CC)c2ccc(Cl)cc2)CC1. The summed E-state index contributed by atoms with van der Waals surface area (Å²) in [5.74, 6) is -0.139. The number of carbonyl (C=O) groups excluding carboxylic acids is 2. The molecule has 0 saturated carbocycles. The van der Waals surface area contributed by atoms with Gasteiger partial charge >= 0.3 is 6.09 Å². The molecule has 1 aliphatic heterocycles. The monoisotopic (exact) mass is 352 g/mol. The maximum Gasteiger partial charge on any atom is 0.409 e. The number of piperidine rings is 1. The maximum absolute atomic E-state index is 12.6. The second kappa shape index (κ2) is 8.92. The number of nitrogens with zero attached hydrogens (tertiary/aromatic N) is 1. The van der Waals surface area contributed by atoms with Crippen molar-refractivity contribution in [2.45, 2.75) is 45.1 Å². The molecule has 1 aromatic rings. The number of carbonyl (C=O) groups is 2. The molecule has 24 heavy (non-hydrogen) atoms. The van der Waals surface area contributed by atoms with Gasteiger partial charge in [-0.2, -0.15) is 0 Å². The third-order valence-corrected chi connectivity index (χ3v) is 4.62. The van der Waals surface area contributed by atoms with E-state index < -0.39 is 0 Å². The second-order valence-corrected chi connectivity index (χ2v) is 6.42. The van der Waals surface area contributed by atoms with E-state index in [-0.39, 0.29) is 24.0 Å². The lowest BCUT2D eigenvalue weighted by molar-refractivity contribution is -0.123. The first-order valence-corrected chi connectivity index (χ1v) is 8.90. The normalized spacial score (nSPS) is 16.5. The number of nitrogens with one attached hydrogen (secondary N) is 1. The van der Waals surface area contributed by atoms with Crippen LogP contribution in [0, 0.1) is 0 Å². The average molecular weight is 353 g/mol. The summed E-state index contributed by atoms with van der Waals surface area (Å²) in [6.45, 7) is 5.41. The molecule has 1 atom stereocenters. The fourth-order valence-corrected chi connectivity index (χ4v) is 3.12. The third kappa shape index (κ3) is 4.87. The topological polar surface area (TPSA) is 58.6 Å². The maximum atomic E-state index is 12.6.